The van der Waals surface area contributed by atoms with Crippen LogP contribution in [0.3, 0.4) is 0 Å². The Bertz CT molecular complexity index is 952. The number of aromatic nitrogens is 2. The van der Waals surface area contributed by atoms with Crippen molar-refractivity contribution in [2.45, 2.75) is 46.1 Å². The molecule has 6 nitrogen and oxygen atoms in total. The number of likely N-dealkylation sites (tertiary alicyclic amines) is 1. The number of carbonyl (C=O) groups is 1. The number of carbonyl (C=O) groups excluding carboxylic acids is 1. The van der Waals surface area contributed by atoms with Crippen molar-refractivity contribution in [1.29, 1.82) is 5.26 Å². The molecule has 4 heterocycles. The molecule has 2 aromatic heterocycles. The number of aryl methyl sites for hydroxylation is 2. The predicted octanol–water partition coefficient (Wildman–Crippen LogP) is 3.37. The maximum Gasteiger partial charge on any atom is 0.222 e. The second-order valence-corrected chi connectivity index (χ2v) is 8.53. The molecule has 150 valence electrons. The summed E-state index contributed by atoms with van der Waals surface area (Å²) in [6, 6.07) is 8.26. The molecule has 0 bridgehead atoms. The van der Waals surface area contributed by atoms with Gasteiger partial charge in [0.1, 0.15) is 11.9 Å². The first kappa shape index (κ1) is 19.4. The molecule has 0 N–H and O–H groups in total. The summed E-state index contributed by atoms with van der Waals surface area (Å²) in [5.41, 5.74) is 3.71. The minimum Gasteiger partial charge on any atom is -0.355 e. The average molecular weight is 390 g/mol. The number of anilines is 1. The van der Waals surface area contributed by atoms with E-state index in [0.29, 0.717) is 18.5 Å². The monoisotopic (exact) mass is 389 g/mol. The van der Waals surface area contributed by atoms with Crippen molar-refractivity contribution in [2.75, 3.05) is 24.5 Å². The van der Waals surface area contributed by atoms with Crippen LogP contribution in [0, 0.1) is 30.6 Å². The van der Waals surface area contributed by atoms with Gasteiger partial charge in [-0.3, -0.25) is 9.78 Å². The van der Waals surface area contributed by atoms with Crippen molar-refractivity contribution in [1.82, 2.24) is 14.9 Å². The van der Waals surface area contributed by atoms with E-state index in [1.807, 2.05) is 43.1 Å². The standard InChI is InChI=1S/C23H27N5O/c1-17-11-18(2)26-22(20(17)12-24)27-10-4-7-23(15-27)8-6-21(29)28(16-23)14-19-5-3-9-25-13-19/h3,5,9,11,13H,4,6-8,10,14-16H2,1-2H3/t23-/m0/s1. The lowest BCUT2D eigenvalue weighted by Gasteiger charge is -2.48. The first-order valence-corrected chi connectivity index (χ1v) is 10.3. The van der Waals surface area contributed by atoms with Gasteiger partial charge in [0.05, 0.1) is 5.56 Å². The van der Waals surface area contributed by atoms with E-state index in [0.717, 1.165) is 61.5 Å². The SMILES string of the molecule is Cc1cc(C)c(C#N)c(N2CCC[C@]3(CCC(=O)N(Cc4cccnc4)C3)C2)n1. The van der Waals surface area contributed by atoms with Crippen LogP contribution in [0.5, 0.6) is 0 Å². The van der Waals surface area contributed by atoms with Gasteiger partial charge < -0.3 is 9.80 Å². The van der Waals surface area contributed by atoms with Crippen molar-refractivity contribution in [3.05, 3.63) is 53.0 Å². The third-order valence-corrected chi connectivity index (χ3v) is 6.24. The Morgan fingerprint density at radius 3 is 2.90 bits per heavy atom. The lowest BCUT2D eigenvalue weighted by Crippen LogP contribution is -2.54. The number of hydrogen-bond donors (Lipinski definition) is 0. The summed E-state index contributed by atoms with van der Waals surface area (Å²) < 4.78 is 0. The second-order valence-electron chi connectivity index (χ2n) is 8.53. The first-order valence-electron chi connectivity index (χ1n) is 10.3. The van der Waals surface area contributed by atoms with Crippen molar-refractivity contribution in [2.24, 2.45) is 5.41 Å². The minimum atomic E-state index is 0.0560. The molecule has 2 aliphatic rings. The predicted molar refractivity (Wildman–Crippen MR) is 111 cm³/mol. The minimum absolute atomic E-state index is 0.0560. The lowest BCUT2D eigenvalue weighted by atomic mass is 9.73. The normalized spacial score (nSPS) is 22.0. The summed E-state index contributed by atoms with van der Waals surface area (Å²) in [6.45, 7) is 7.07. The van der Waals surface area contributed by atoms with Gasteiger partial charge in [-0.1, -0.05) is 6.07 Å². The van der Waals surface area contributed by atoms with Crippen LogP contribution in [0.25, 0.3) is 0 Å². The molecule has 4 rings (SSSR count). The number of rotatable bonds is 3. The molecule has 0 unspecified atom stereocenters. The van der Waals surface area contributed by atoms with Gasteiger partial charge in [0.25, 0.3) is 0 Å². The van der Waals surface area contributed by atoms with Crippen molar-refractivity contribution in [3.63, 3.8) is 0 Å². The molecule has 1 atom stereocenters. The van der Waals surface area contributed by atoms with Crippen LogP contribution in [0.4, 0.5) is 5.82 Å². The zero-order chi connectivity index (χ0) is 20.4. The van der Waals surface area contributed by atoms with Gasteiger partial charge in [-0.25, -0.2) is 4.98 Å². The molecule has 2 aromatic rings. The zero-order valence-electron chi connectivity index (χ0n) is 17.2. The van der Waals surface area contributed by atoms with Crippen LogP contribution in [-0.4, -0.2) is 40.4 Å². The van der Waals surface area contributed by atoms with E-state index >= 15 is 0 Å². The molecule has 0 saturated carbocycles. The van der Waals surface area contributed by atoms with Gasteiger partial charge in [-0.05, 0) is 56.4 Å². The molecule has 0 aliphatic carbocycles. The van der Waals surface area contributed by atoms with E-state index in [2.05, 4.69) is 16.0 Å². The largest absolute Gasteiger partial charge is 0.355 e. The van der Waals surface area contributed by atoms with Gasteiger partial charge in [0, 0.05) is 56.1 Å². The molecular formula is C23H27N5O. The third kappa shape index (κ3) is 3.95. The van der Waals surface area contributed by atoms with Crippen LogP contribution >= 0.6 is 0 Å². The maximum absolute atomic E-state index is 12.6. The molecule has 2 aliphatic heterocycles. The molecule has 6 heteroatoms. The summed E-state index contributed by atoms with van der Waals surface area (Å²) >= 11 is 0. The van der Waals surface area contributed by atoms with Gasteiger partial charge in [0.2, 0.25) is 5.91 Å². The Labute approximate surface area is 172 Å². The second kappa shape index (κ2) is 7.82. The molecule has 0 aromatic carbocycles. The van der Waals surface area contributed by atoms with Gasteiger partial charge >= 0.3 is 0 Å². The Hall–Kier alpha value is -2.94. The van der Waals surface area contributed by atoms with E-state index < -0.39 is 0 Å². The van der Waals surface area contributed by atoms with E-state index in [1.165, 1.54) is 0 Å². The highest BCUT2D eigenvalue weighted by molar-refractivity contribution is 5.77. The number of piperidine rings is 2. The summed E-state index contributed by atoms with van der Waals surface area (Å²) in [5.74, 6) is 1.03. The highest BCUT2D eigenvalue weighted by Crippen LogP contribution is 2.41. The molecular weight excluding hydrogens is 362 g/mol. The van der Waals surface area contributed by atoms with Crippen LogP contribution in [0.2, 0.25) is 0 Å². The molecule has 1 spiro atoms. The fourth-order valence-electron chi connectivity index (χ4n) is 4.86. The van der Waals surface area contributed by atoms with Crippen LogP contribution < -0.4 is 4.90 Å². The number of nitriles is 1. The van der Waals surface area contributed by atoms with E-state index in [9.17, 15) is 10.1 Å². The molecule has 2 fully saturated rings. The van der Waals surface area contributed by atoms with E-state index in [-0.39, 0.29) is 11.3 Å². The molecule has 0 radical (unpaired) electrons. The number of amides is 1. The molecule has 29 heavy (non-hydrogen) atoms. The Morgan fingerprint density at radius 2 is 2.14 bits per heavy atom. The van der Waals surface area contributed by atoms with Crippen molar-refractivity contribution < 1.29 is 4.79 Å². The van der Waals surface area contributed by atoms with Crippen LogP contribution in [0.15, 0.2) is 30.6 Å². The Kier molecular flexibility index (Phi) is 5.23. The quantitative estimate of drug-likeness (QED) is 0.805. The van der Waals surface area contributed by atoms with E-state index in [4.69, 9.17) is 4.98 Å². The van der Waals surface area contributed by atoms with Crippen LogP contribution in [0.1, 0.15) is 48.1 Å². The van der Waals surface area contributed by atoms with Gasteiger partial charge in [-0.15, -0.1) is 0 Å². The molecule has 1 amide bonds. The fraction of sp³-hybridized carbons (Fsp3) is 0.478. The van der Waals surface area contributed by atoms with Crippen molar-refractivity contribution >= 4 is 11.7 Å². The number of hydrogen-bond acceptors (Lipinski definition) is 5. The summed E-state index contributed by atoms with van der Waals surface area (Å²) in [7, 11) is 0. The third-order valence-electron chi connectivity index (χ3n) is 6.24. The smallest absolute Gasteiger partial charge is 0.222 e. The summed E-state index contributed by atoms with van der Waals surface area (Å²) in [4.78, 5) is 25.8. The molecule has 2 saturated heterocycles. The first-order chi connectivity index (χ1) is 14.0. The number of pyridine rings is 2. The van der Waals surface area contributed by atoms with E-state index in [1.54, 1.807) is 6.20 Å². The zero-order valence-corrected chi connectivity index (χ0v) is 17.2. The Balaban J connectivity index is 1.57. The summed E-state index contributed by atoms with van der Waals surface area (Å²) in [5, 5.41) is 9.69. The number of nitrogens with zero attached hydrogens (tertiary/aromatic N) is 5. The van der Waals surface area contributed by atoms with Gasteiger partial charge in [0.15, 0.2) is 0 Å². The highest BCUT2D eigenvalue weighted by atomic mass is 16.2. The lowest BCUT2D eigenvalue weighted by molar-refractivity contribution is -0.138. The average Bonchev–Trinajstić information content (AvgIpc) is 2.71. The highest BCUT2D eigenvalue weighted by Gasteiger charge is 2.42. The van der Waals surface area contributed by atoms with Crippen molar-refractivity contribution in [3.8, 4) is 6.07 Å². The topological polar surface area (TPSA) is 73.1 Å². The summed E-state index contributed by atoms with van der Waals surface area (Å²) in [6.07, 6.45) is 7.23. The fourth-order valence-corrected chi connectivity index (χ4v) is 4.86. The van der Waals surface area contributed by atoms with Gasteiger partial charge in [-0.2, -0.15) is 5.26 Å². The maximum atomic E-state index is 12.6. The Morgan fingerprint density at radius 1 is 1.28 bits per heavy atom. The van der Waals surface area contributed by atoms with Crippen LogP contribution in [-0.2, 0) is 11.3 Å².